The van der Waals surface area contributed by atoms with Crippen LogP contribution in [0.1, 0.15) is 0 Å². The second-order valence-corrected chi connectivity index (χ2v) is 4.03. The molecule has 0 aliphatic heterocycles. The van der Waals surface area contributed by atoms with Crippen molar-refractivity contribution in [3.63, 3.8) is 0 Å². The zero-order chi connectivity index (χ0) is 10.5. The van der Waals surface area contributed by atoms with E-state index in [1.807, 2.05) is 0 Å². The smallest absolute Gasteiger partial charge is 0.317 e. The third-order valence-corrected chi connectivity index (χ3v) is 1.96. The summed E-state index contributed by atoms with van der Waals surface area (Å²) in [6.45, 7) is -0.273. The van der Waals surface area contributed by atoms with E-state index in [1.165, 1.54) is 0 Å². The number of nitrogens with one attached hydrogen (secondary N) is 1. The van der Waals surface area contributed by atoms with Gasteiger partial charge in [0.05, 0.1) is 12.3 Å². The fourth-order valence-corrected chi connectivity index (χ4v) is 1.35. The Labute approximate surface area is 75.7 Å². The summed E-state index contributed by atoms with van der Waals surface area (Å²) < 4.78 is 28.9. The molecule has 0 saturated carbocycles. The number of rotatable bonds is 6. The lowest BCUT2D eigenvalue weighted by atomic mass is 10.3. The van der Waals surface area contributed by atoms with E-state index in [-0.39, 0.29) is 13.1 Å². The Kier molecular flexibility index (Phi) is 4.85. The first-order chi connectivity index (χ1) is 5.81. The third-order valence-electron chi connectivity index (χ3n) is 1.11. The Balaban J connectivity index is 3.64. The first-order valence-corrected chi connectivity index (χ1v) is 5.05. The SMILES string of the molecule is NC(CNCC(=O)O)CS(=O)(=O)O. The number of carbonyl (C=O) groups is 1. The standard InChI is InChI=1S/C5H12N2O5S/c6-4(3-13(10,11)12)1-7-2-5(8)9/h4,7H,1-3,6H2,(H,8,9)(H,10,11,12). The van der Waals surface area contributed by atoms with Gasteiger partial charge >= 0.3 is 5.97 Å². The summed E-state index contributed by atoms with van der Waals surface area (Å²) in [5, 5.41) is 10.6. The van der Waals surface area contributed by atoms with E-state index in [4.69, 9.17) is 15.4 Å². The van der Waals surface area contributed by atoms with E-state index in [0.29, 0.717) is 0 Å². The van der Waals surface area contributed by atoms with Crippen LogP contribution >= 0.6 is 0 Å². The molecule has 0 radical (unpaired) electrons. The molecule has 0 amide bonds. The van der Waals surface area contributed by atoms with Crippen LogP contribution in [0.5, 0.6) is 0 Å². The average Bonchev–Trinajstić information content (AvgIpc) is 1.81. The van der Waals surface area contributed by atoms with Gasteiger partial charge < -0.3 is 16.2 Å². The Hall–Kier alpha value is -0.700. The van der Waals surface area contributed by atoms with Crippen molar-refractivity contribution in [3.05, 3.63) is 0 Å². The number of hydrogen-bond acceptors (Lipinski definition) is 5. The summed E-state index contributed by atoms with van der Waals surface area (Å²) in [4.78, 5) is 10.00. The topological polar surface area (TPSA) is 130 Å². The van der Waals surface area contributed by atoms with Gasteiger partial charge in [-0.2, -0.15) is 8.42 Å². The monoisotopic (exact) mass is 212 g/mol. The highest BCUT2D eigenvalue weighted by atomic mass is 32.2. The highest BCUT2D eigenvalue weighted by Gasteiger charge is 2.12. The molecule has 8 heteroatoms. The molecule has 13 heavy (non-hydrogen) atoms. The van der Waals surface area contributed by atoms with Crippen LogP contribution in [-0.2, 0) is 14.9 Å². The van der Waals surface area contributed by atoms with Crippen molar-refractivity contribution in [2.24, 2.45) is 5.73 Å². The molecule has 0 aromatic heterocycles. The molecule has 0 aliphatic carbocycles. The fourth-order valence-electron chi connectivity index (χ4n) is 0.694. The Morgan fingerprint density at radius 2 is 2.08 bits per heavy atom. The molecule has 1 unspecified atom stereocenters. The minimum atomic E-state index is -4.09. The van der Waals surface area contributed by atoms with Crippen LogP contribution in [0.4, 0.5) is 0 Å². The van der Waals surface area contributed by atoms with Crippen molar-refractivity contribution >= 4 is 16.1 Å². The maximum absolute atomic E-state index is 10.3. The van der Waals surface area contributed by atoms with Gasteiger partial charge in [0, 0.05) is 12.6 Å². The van der Waals surface area contributed by atoms with Gasteiger partial charge in [0.1, 0.15) is 0 Å². The predicted molar refractivity (Wildman–Crippen MR) is 44.9 cm³/mol. The van der Waals surface area contributed by atoms with Gasteiger partial charge in [-0.05, 0) is 0 Å². The first kappa shape index (κ1) is 12.3. The van der Waals surface area contributed by atoms with Crippen molar-refractivity contribution in [3.8, 4) is 0 Å². The summed E-state index contributed by atoms with van der Waals surface area (Å²) in [6.07, 6.45) is 0. The second kappa shape index (κ2) is 5.12. The van der Waals surface area contributed by atoms with Gasteiger partial charge in [-0.25, -0.2) is 0 Å². The number of carboxylic acids is 1. The van der Waals surface area contributed by atoms with E-state index < -0.39 is 27.9 Å². The van der Waals surface area contributed by atoms with Gasteiger partial charge in [-0.15, -0.1) is 0 Å². The molecule has 0 saturated heterocycles. The van der Waals surface area contributed by atoms with Crippen LogP contribution in [0.3, 0.4) is 0 Å². The Bertz CT molecular complexity index is 262. The van der Waals surface area contributed by atoms with Crippen LogP contribution in [0.25, 0.3) is 0 Å². The number of carboxylic acid groups (broad SMARTS) is 1. The maximum atomic E-state index is 10.3. The van der Waals surface area contributed by atoms with E-state index in [2.05, 4.69) is 5.32 Å². The second-order valence-electron chi connectivity index (χ2n) is 2.53. The van der Waals surface area contributed by atoms with Gasteiger partial charge in [-0.1, -0.05) is 0 Å². The molecule has 1 atom stereocenters. The molecule has 0 rings (SSSR count). The normalized spacial score (nSPS) is 14.0. The lowest BCUT2D eigenvalue weighted by Crippen LogP contribution is -2.40. The van der Waals surface area contributed by atoms with Crippen molar-refractivity contribution in [2.75, 3.05) is 18.8 Å². The van der Waals surface area contributed by atoms with Crippen molar-refractivity contribution < 1.29 is 22.9 Å². The van der Waals surface area contributed by atoms with Crippen molar-refractivity contribution in [1.82, 2.24) is 5.32 Å². The van der Waals surface area contributed by atoms with Gasteiger partial charge in [-0.3, -0.25) is 9.35 Å². The molecule has 0 spiro atoms. The largest absolute Gasteiger partial charge is 0.480 e. The minimum Gasteiger partial charge on any atom is -0.480 e. The molecule has 0 aromatic rings. The predicted octanol–water partition coefficient (Wildman–Crippen LogP) is -2.12. The molecule has 0 heterocycles. The molecule has 0 aromatic carbocycles. The molecule has 0 aliphatic rings. The molecular weight excluding hydrogens is 200 g/mol. The van der Waals surface area contributed by atoms with E-state index in [1.54, 1.807) is 0 Å². The summed E-state index contributed by atoms with van der Waals surface area (Å²) >= 11 is 0. The number of nitrogens with two attached hydrogens (primary N) is 1. The summed E-state index contributed by atoms with van der Waals surface area (Å²) in [5.74, 6) is -1.64. The fraction of sp³-hybridized carbons (Fsp3) is 0.800. The van der Waals surface area contributed by atoms with Crippen molar-refractivity contribution in [2.45, 2.75) is 6.04 Å². The highest BCUT2D eigenvalue weighted by Crippen LogP contribution is 1.85. The molecule has 0 fully saturated rings. The molecule has 78 valence electrons. The highest BCUT2D eigenvalue weighted by molar-refractivity contribution is 7.85. The minimum absolute atomic E-state index is 0.0199. The van der Waals surface area contributed by atoms with Gasteiger partial charge in [0.2, 0.25) is 0 Å². The van der Waals surface area contributed by atoms with Crippen LogP contribution in [0.2, 0.25) is 0 Å². The molecule has 0 bridgehead atoms. The molecule has 5 N–H and O–H groups in total. The molecule has 7 nitrogen and oxygen atoms in total. The van der Waals surface area contributed by atoms with Crippen LogP contribution in [-0.4, -0.2) is 48.9 Å². The zero-order valence-electron chi connectivity index (χ0n) is 6.80. The summed E-state index contributed by atoms with van der Waals surface area (Å²) in [6, 6.07) is -0.811. The first-order valence-electron chi connectivity index (χ1n) is 3.44. The summed E-state index contributed by atoms with van der Waals surface area (Å²) in [5.41, 5.74) is 5.25. The average molecular weight is 212 g/mol. The van der Waals surface area contributed by atoms with Crippen LogP contribution < -0.4 is 11.1 Å². The van der Waals surface area contributed by atoms with E-state index in [0.717, 1.165) is 0 Å². The van der Waals surface area contributed by atoms with Crippen LogP contribution in [0.15, 0.2) is 0 Å². The Morgan fingerprint density at radius 3 is 2.46 bits per heavy atom. The van der Waals surface area contributed by atoms with Crippen molar-refractivity contribution in [1.29, 1.82) is 0 Å². The van der Waals surface area contributed by atoms with Crippen LogP contribution in [0, 0.1) is 0 Å². The van der Waals surface area contributed by atoms with E-state index >= 15 is 0 Å². The third kappa shape index (κ3) is 9.21. The van der Waals surface area contributed by atoms with Gasteiger partial charge in [0.15, 0.2) is 0 Å². The molecular formula is C5H12N2O5S. The lowest BCUT2D eigenvalue weighted by Gasteiger charge is -2.08. The quantitative estimate of drug-likeness (QED) is 0.370. The zero-order valence-corrected chi connectivity index (χ0v) is 7.62. The maximum Gasteiger partial charge on any atom is 0.317 e. The number of aliphatic carboxylic acids is 1. The summed E-state index contributed by atoms with van der Waals surface area (Å²) in [7, 11) is -4.09. The Morgan fingerprint density at radius 1 is 1.54 bits per heavy atom. The van der Waals surface area contributed by atoms with Gasteiger partial charge in [0.25, 0.3) is 10.1 Å². The number of hydrogen-bond donors (Lipinski definition) is 4. The van der Waals surface area contributed by atoms with E-state index in [9.17, 15) is 13.2 Å². The lowest BCUT2D eigenvalue weighted by molar-refractivity contribution is -0.135.